The van der Waals surface area contributed by atoms with E-state index in [-0.39, 0.29) is 13.0 Å². The average Bonchev–Trinajstić information content (AvgIpc) is 3.12. The molecule has 4 nitrogen and oxygen atoms in total. The highest BCUT2D eigenvalue weighted by Crippen LogP contribution is 2.32. The summed E-state index contributed by atoms with van der Waals surface area (Å²) in [6.45, 7) is 0.0898. The van der Waals surface area contributed by atoms with E-state index in [9.17, 15) is 4.79 Å². The van der Waals surface area contributed by atoms with Crippen LogP contribution in [0.1, 0.15) is 11.3 Å². The SMILES string of the molecule is COc1ccccc1-c1nc(COC(=O)Cc2c(Cl)cccc2Cl)cs1. The molecule has 0 amide bonds. The molecule has 3 rings (SSSR count). The number of hydrogen-bond acceptors (Lipinski definition) is 5. The van der Waals surface area contributed by atoms with Crippen molar-refractivity contribution in [2.45, 2.75) is 13.0 Å². The molecule has 1 heterocycles. The molecule has 0 aliphatic carbocycles. The number of carbonyl (C=O) groups is 1. The summed E-state index contributed by atoms with van der Waals surface area (Å²) >= 11 is 13.6. The van der Waals surface area contributed by atoms with Gasteiger partial charge in [-0.1, -0.05) is 41.4 Å². The fourth-order valence-electron chi connectivity index (χ4n) is 2.37. The summed E-state index contributed by atoms with van der Waals surface area (Å²) in [5.41, 5.74) is 2.14. The second-order valence-corrected chi connectivity index (χ2v) is 7.05. The number of benzene rings is 2. The number of rotatable bonds is 6. The zero-order chi connectivity index (χ0) is 18.5. The smallest absolute Gasteiger partial charge is 0.310 e. The zero-order valence-corrected chi connectivity index (χ0v) is 16.2. The lowest BCUT2D eigenvalue weighted by Gasteiger charge is -2.07. The van der Waals surface area contributed by atoms with Crippen LogP contribution in [0.4, 0.5) is 0 Å². The lowest BCUT2D eigenvalue weighted by molar-refractivity contribution is -0.144. The molecule has 0 atom stereocenters. The van der Waals surface area contributed by atoms with Crippen LogP contribution in [0.25, 0.3) is 10.6 Å². The second-order valence-electron chi connectivity index (χ2n) is 5.38. The molecule has 7 heteroatoms. The molecule has 0 spiro atoms. The Kier molecular flexibility index (Phi) is 6.14. The molecular formula is C19H15Cl2NO3S. The van der Waals surface area contributed by atoms with Gasteiger partial charge in [0, 0.05) is 21.0 Å². The fraction of sp³-hybridized carbons (Fsp3) is 0.158. The maximum absolute atomic E-state index is 12.1. The number of halogens is 2. The van der Waals surface area contributed by atoms with Crippen LogP contribution >= 0.6 is 34.5 Å². The minimum atomic E-state index is -0.410. The molecular weight excluding hydrogens is 393 g/mol. The van der Waals surface area contributed by atoms with Gasteiger partial charge in [0.25, 0.3) is 0 Å². The predicted octanol–water partition coefficient (Wildman–Crippen LogP) is 5.41. The molecule has 0 radical (unpaired) electrons. The molecule has 2 aromatic carbocycles. The Labute approximate surface area is 165 Å². The van der Waals surface area contributed by atoms with Gasteiger partial charge in [-0.15, -0.1) is 11.3 Å². The predicted molar refractivity (Wildman–Crippen MR) is 104 cm³/mol. The first-order valence-electron chi connectivity index (χ1n) is 7.75. The molecule has 0 unspecified atom stereocenters. The Bertz CT molecular complexity index is 906. The van der Waals surface area contributed by atoms with Gasteiger partial charge >= 0.3 is 5.97 Å². The summed E-state index contributed by atoms with van der Waals surface area (Å²) < 4.78 is 10.7. The first-order chi connectivity index (χ1) is 12.6. The number of esters is 1. The summed E-state index contributed by atoms with van der Waals surface area (Å²) in [5, 5.41) is 3.56. The molecule has 0 N–H and O–H groups in total. The number of hydrogen-bond donors (Lipinski definition) is 0. The van der Waals surface area contributed by atoms with Gasteiger partial charge in [0.1, 0.15) is 17.4 Å². The Balaban J connectivity index is 1.64. The van der Waals surface area contributed by atoms with E-state index in [0.29, 0.717) is 21.3 Å². The zero-order valence-electron chi connectivity index (χ0n) is 13.9. The van der Waals surface area contributed by atoms with Gasteiger partial charge in [-0.2, -0.15) is 0 Å². The van der Waals surface area contributed by atoms with Gasteiger partial charge in [-0.3, -0.25) is 4.79 Å². The highest BCUT2D eigenvalue weighted by atomic mass is 35.5. The topological polar surface area (TPSA) is 48.4 Å². The van der Waals surface area contributed by atoms with Crippen LogP contribution < -0.4 is 4.74 Å². The van der Waals surface area contributed by atoms with Crippen LogP contribution in [0, 0.1) is 0 Å². The van der Waals surface area contributed by atoms with E-state index in [1.165, 1.54) is 11.3 Å². The second kappa shape index (κ2) is 8.54. The normalized spacial score (nSPS) is 10.6. The third-order valence-electron chi connectivity index (χ3n) is 3.65. The summed E-state index contributed by atoms with van der Waals surface area (Å²) in [6, 6.07) is 12.8. The number of methoxy groups -OCH3 is 1. The van der Waals surface area contributed by atoms with Crippen LogP contribution in [0.15, 0.2) is 47.8 Å². The molecule has 0 bridgehead atoms. The average molecular weight is 408 g/mol. The van der Waals surface area contributed by atoms with E-state index in [4.69, 9.17) is 32.7 Å². The van der Waals surface area contributed by atoms with E-state index < -0.39 is 5.97 Å². The van der Waals surface area contributed by atoms with Crippen molar-refractivity contribution in [2.24, 2.45) is 0 Å². The molecule has 0 aliphatic rings. The monoisotopic (exact) mass is 407 g/mol. The van der Waals surface area contributed by atoms with Crippen LogP contribution in [-0.2, 0) is 22.6 Å². The number of ether oxygens (including phenoxy) is 2. The lowest BCUT2D eigenvalue weighted by atomic mass is 10.1. The quantitative estimate of drug-likeness (QED) is 0.512. The molecule has 0 aliphatic heterocycles. The molecule has 26 heavy (non-hydrogen) atoms. The summed E-state index contributed by atoms with van der Waals surface area (Å²) in [4.78, 5) is 16.6. The number of para-hydroxylation sites is 1. The Hall–Kier alpha value is -2.08. The third-order valence-corrected chi connectivity index (χ3v) is 5.29. The van der Waals surface area contributed by atoms with E-state index in [1.54, 1.807) is 25.3 Å². The maximum atomic E-state index is 12.1. The van der Waals surface area contributed by atoms with Crippen LogP contribution in [-0.4, -0.2) is 18.1 Å². The Morgan fingerprint density at radius 2 is 1.85 bits per heavy atom. The first kappa shape index (κ1) is 18.7. The van der Waals surface area contributed by atoms with Crippen molar-refractivity contribution < 1.29 is 14.3 Å². The van der Waals surface area contributed by atoms with Gasteiger partial charge in [-0.25, -0.2) is 4.98 Å². The summed E-state index contributed by atoms with van der Waals surface area (Å²) in [6.07, 6.45) is 0.0159. The van der Waals surface area contributed by atoms with Gasteiger partial charge < -0.3 is 9.47 Å². The summed E-state index contributed by atoms with van der Waals surface area (Å²) in [5.74, 6) is 0.339. The molecule has 0 fully saturated rings. The summed E-state index contributed by atoms with van der Waals surface area (Å²) in [7, 11) is 1.62. The van der Waals surface area contributed by atoms with Gasteiger partial charge in [0.15, 0.2) is 0 Å². The molecule has 3 aromatic rings. The largest absolute Gasteiger partial charge is 0.496 e. The van der Waals surface area contributed by atoms with Crippen molar-refractivity contribution in [1.29, 1.82) is 0 Å². The lowest BCUT2D eigenvalue weighted by Crippen LogP contribution is -2.09. The van der Waals surface area contributed by atoms with Crippen molar-refractivity contribution in [3.63, 3.8) is 0 Å². The van der Waals surface area contributed by atoms with Gasteiger partial charge in [-0.05, 0) is 24.3 Å². The standard InChI is InChI=1S/C19H15Cl2NO3S/c1-24-17-8-3-2-5-13(17)19-22-12(11-26-19)10-25-18(23)9-14-15(20)6-4-7-16(14)21/h2-8,11H,9-10H2,1H3. The third kappa shape index (κ3) is 4.36. The minimum Gasteiger partial charge on any atom is -0.496 e. The highest BCUT2D eigenvalue weighted by Gasteiger charge is 2.14. The molecule has 134 valence electrons. The Morgan fingerprint density at radius 1 is 1.12 bits per heavy atom. The number of aromatic nitrogens is 1. The van der Waals surface area contributed by atoms with E-state index >= 15 is 0 Å². The van der Waals surface area contributed by atoms with Crippen LogP contribution in [0.5, 0.6) is 5.75 Å². The van der Waals surface area contributed by atoms with Crippen molar-refractivity contribution in [3.05, 3.63) is 69.1 Å². The number of thiazole rings is 1. The van der Waals surface area contributed by atoms with Crippen molar-refractivity contribution in [3.8, 4) is 16.3 Å². The Morgan fingerprint density at radius 3 is 2.58 bits per heavy atom. The van der Waals surface area contributed by atoms with Crippen LogP contribution in [0.3, 0.4) is 0 Å². The van der Waals surface area contributed by atoms with Gasteiger partial charge in [0.2, 0.25) is 0 Å². The maximum Gasteiger partial charge on any atom is 0.310 e. The molecule has 0 saturated carbocycles. The van der Waals surface area contributed by atoms with Crippen LogP contribution in [0.2, 0.25) is 10.0 Å². The number of carbonyl (C=O) groups excluding carboxylic acids is 1. The minimum absolute atomic E-state index is 0.0159. The first-order valence-corrected chi connectivity index (χ1v) is 9.38. The molecule has 0 saturated heterocycles. The van der Waals surface area contributed by atoms with E-state index in [2.05, 4.69) is 4.98 Å². The number of nitrogens with zero attached hydrogens (tertiary/aromatic N) is 1. The highest BCUT2D eigenvalue weighted by molar-refractivity contribution is 7.13. The van der Waals surface area contributed by atoms with Crippen molar-refractivity contribution in [2.75, 3.05) is 7.11 Å². The van der Waals surface area contributed by atoms with E-state index in [0.717, 1.165) is 16.3 Å². The molecule has 1 aromatic heterocycles. The van der Waals surface area contributed by atoms with Crippen molar-refractivity contribution >= 4 is 40.5 Å². The van der Waals surface area contributed by atoms with Crippen molar-refractivity contribution in [1.82, 2.24) is 4.98 Å². The fourth-order valence-corrected chi connectivity index (χ4v) is 3.73. The van der Waals surface area contributed by atoms with Gasteiger partial charge in [0.05, 0.1) is 24.8 Å². The van der Waals surface area contributed by atoms with E-state index in [1.807, 2.05) is 29.6 Å².